The van der Waals surface area contributed by atoms with E-state index in [1.807, 2.05) is 0 Å². The van der Waals surface area contributed by atoms with Crippen LogP contribution in [0.4, 0.5) is 0 Å². The Bertz CT molecular complexity index is 129. The van der Waals surface area contributed by atoms with Crippen LogP contribution < -0.4 is 5.73 Å². The summed E-state index contributed by atoms with van der Waals surface area (Å²) in [5, 5.41) is 0. The third-order valence-corrected chi connectivity index (χ3v) is 2.63. The lowest BCUT2D eigenvalue weighted by Gasteiger charge is -2.21. The Kier molecular flexibility index (Phi) is 2.50. The number of rotatable bonds is 2. The summed E-state index contributed by atoms with van der Waals surface area (Å²) >= 11 is 0. The van der Waals surface area contributed by atoms with Crippen LogP contribution >= 0.6 is 0 Å². The molecular formula is C9H17N. The van der Waals surface area contributed by atoms with Crippen molar-refractivity contribution in [3.63, 3.8) is 0 Å². The molecule has 0 aliphatic heterocycles. The summed E-state index contributed by atoms with van der Waals surface area (Å²) in [6.45, 7) is 5.35. The molecule has 0 aromatic heterocycles. The summed E-state index contributed by atoms with van der Waals surface area (Å²) in [5.41, 5.74) is 5.59. The van der Waals surface area contributed by atoms with E-state index in [1.54, 1.807) is 0 Å². The minimum absolute atomic E-state index is 0.685. The van der Waals surface area contributed by atoms with E-state index in [9.17, 15) is 0 Å². The minimum atomic E-state index is 0.685. The van der Waals surface area contributed by atoms with Gasteiger partial charge in [-0.1, -0.05) is 26.0 Å². The Morgan fingerprint density at radius 3 is 2.80 bits per heavy atom. The lowest BCUT2D eigenvalue weighted by Crippen LogP contribution is -2.22. The molecule has 1 aliphatic rings. The zero-order chi connectivity index (χ0) is 7.56. The van der Waals surface area contributed by atoms with Gasteiger partial charge in [0, 0.05) is 0 Å². The van der Waals surface area contributed by atoms with E-state index in [-0.39, 0.29) is 0 Å². The molecule has 1 rings (SSSR count). The van der Waals surface area contributed by atoms with E-state index in [0.29, 0.717) is 5.92 Å². The van der Waals surface area contributed by atoms with Gasteiger partial charge in [-0.05, 0) is 30.7 Å². The first kappa shape index (κ1) is 7.80. The number of hydrogen-bond acceptors (Lipinski definition) is 1. The van der Waals surface area contributed by atoms with Gasteiger partial charge in [0.25, 0.3) is 0 Å². The fourth-order valence-corrected chi connectivity index (χ4v) is 1.73. The standard InChI is InChI=1S/C9H17N/c1-7-4-3-5-9(7)8(2)6-10/h3-4,7-9H,5-6,10H2,1-2H3/t7?,8-,9-/m0/s1. The number of nitrogens with two attached hydrogens (primary N) is 1. The topological polar surface area (TPSA) is 26.0 Å². The molecule has 0 bridgehead atoms. The highest BCUT2D eigenvalue weighted by atomic mass is 14.6. The maximum absolute atomic E-state index is 5.59. The summed E-state index contributed by atoms with van der Waals surface area (Å²) in [7, 11) is 0. The van der Waals surface area contributed by atoms with Crippen molar-refractivity contribution in [1.29, 1.82) is 0 Å². The van der Waals surface area contributed by atoms with Crippen molar-refractivity contribution in [3.05, 3.63) is 12.2 Å². The van der Waals surface area contributed by atoms with E-state index in [0.717, 1.165) is 18.4 Å². The summed E-state index contributed by atoms with van der Waals surface area (Å²) < 4.78 is 0. The first-order chi connectivity index (χ1) is 4.75. The fraction of sp³-hybridized carbons (Fsp3) is 0.778. The van der Waals surface area contributed by atoms with Gasteiger partial charge in [0.15, 0.2) is 0 Å². The van der Waals surface area contributed by atoms with Gasteiger partial charge in [-0.15, -0.1) is 0 Å². The fourth-order valence-electron chi connectivity index (χ4n) is 1.73. The van der Waals surface area contributed by atoms with E-state index >= 15 is 0 Å². The van der Waals surface area contributed by atoms with Gasteiger partial charge in [0.05, 0.1) is 0 Å². The van der Waals surface area contributed by atoms with Crippen LogP contribution in [0.5, 0.6) is 0 Å². The molecule has 58 valence electrons. The number of hydrogen-bond donors (Lipinski definition) is 1. The quantitative estimate of drug-likeness (QED) is 0.580. The van der Waals surface area contributed by atoms with Crippen LogP contribution in [0.1, 0.15) is 20.3 Å². The monoisotopic (exact) mass is 139 g/mol. The summed E-state index contributed by atoms with van der Waals surface area (Å²) in [4.78, 5) is 0. The summed E-state index contributed by atoms with van der Waals surface area (Å²) in [6.07, 6.45) is 5.82. The maximum atomic E-state index is 5.59. The lowest BCUT2D eigenvalue weighted by molar-refractivity contribution is 0.319. The van der Waals surface area contributed by atoms with Gasteiger partial charge < -0.3 is 5.73 Å². The smallest absolute Gasteiger partial charge is 0.00485 e. The molecule has 0 saturated carbocycles. The minimum Gasteiger partial charge on any atom is -0.330 e. The molecule has 3 atom stereocenters. The molecule has 1 heteroatoms. The van der Waals surface area contributed by atoms with Gasteiger partial charge in [0.2, 0.25) is 0 Å². The van der Waals surface area contributed by atoms with Crippen molar-refractivity contribution < 1.29 is 0 Å². The van der Waals surface area contributed by atoms with Gasteiger partial charge in [-0.2, -0.15) is 0 Å². The van der Waals surface area contributed by atoms with Crippen molar-refractivity contribution in [2.45, 2.75) is 20.3 Å². The molecule has 1 aliphatic carbocycles. The second kappa shape index (κ2) is 3.20. The van der Waals surface area contributed by atoms with Crippen molar-refractivity contribution in [1.82, 2.24) is 0 Å². The highest BCUT2D eigenvalue weighted by Gasteiger charge is 2.22. The third-order valence-electron chi connectivity index (χ3n) is 2.63. The molecule has 0 radical (unpaired) electrons. The summed E-state index contributed by atoms with van der Waals surface area (Å²) in [6, 6.07) is 0. The average molecular weight is 139 g/mol. The number of allylic oxidation sites excluding steroid dienone is 2. The van der Waals surface area contributed by atoms with Crippen LogP contribution in [0.2, 0.25) is 0 Å². The zero-order valence-corrected chi connectivity index (χ0v) is 6.88. The molecule has 0 amide bonds. The molecule has 0 fully saturated rings. The molecule has 0 spiro atoms. The molecule has 0 aromatic rings. The molecule has 0 aromatic carbocycles. The lowest BCUT2D eigenvalue weighted by atomic mass is 9.85. The van der Waals surface area contributed by atoms with Gasteiger partial charge in [-0.25, -0.2) is 0 Å². The van der Waals surface area contributed by atoms with Gasteiger partial charge in [-0.3, -0.25) is 0 Å². The second-order valence-corrected chi connectivity index (χ2v) is 3.40. The largest absolute Gasteiger partial charge is 0.330 e. The third kappa shape index (κ3) is 1.40. The first-order valence-corrected chi connectivity index (χ1v) is 4.12. The molecular weight excluding hydrogens is 122 g/mol. The summed E-state index contributed by atoms with van der Waals surface area (Å²) in [5.74, 6) is 2.24. The molecule has 0 saturated heterocycles. The van der Waals surface area contributed by atoms with Crippen LogP contribution in [0.15, 0.2) is 12.2 Å². The van der Waals surface area contributed by atoms with E-state index in [1.165, 1.54) is 6.42 Å². The first-order valence-electron chi connectivity index (χ1n) is 4.12. The van der Waals surface area contributed by atoms with E-state index in [4.69, 9.17) is 5.73 Å². The predicted octanol–water partition coefficient (Wildman–Crippen LogP) is 1.79. The van der Waals surface area contributed by atoms with Crippen molar-refractivity contribution in [2.24, 2.45) is 23.5 Å². The Hall–Kier alpha value is -0.300. The van der Waals surface area contributed by atoms with Crippen LogP contribution in [0.25, 0.3) is 0 Å². The van der Waals surface area contributed by atoms with Crippen LogP contribution in [-0.4, -0.2) is 6.54 Å². The highest BCUT2D eigenvalue weighted by Crippen LogP contribution is 2.30. The zero-order valence-electron chi connectivity index (χ0n) is 6.88. The van der Waals surface area contributed by atoms with Gasteiger partial charge in [0.1, 0.15) is 0 Å². The second-order valence-electron chi connectivity index (χ2n) is 3.40. The molecule has 0 heterocycles. The Balaban J connectivity index is 2.42. The Morgan fingerprint density at radius 2 is 2.40 bits per heavy atom. The van der Waals surface area contributed by atoms with E-state index in [2.05, 4.69) is 26.0 Å². The molecule has 2 N–H and O–H groups in total. The molecule has 1 unspecified atom stereocenters. The molecule has 1 nitrogen and oxygen atoms in total. The van der Waals surface area contributed by atoms with Gasteiger partial charge >= 0.3 is 0 Å². The Morgan fingerprint density at radius 1 is 1.70 bits per heavy atom. The van der Waals surface area contributed by atoms with Crippen LogP contribution in [-0.2, 0) is 0 Å². The van der Waals surface area contributed by atoms with Crippen molar-refractivity contribution in [2.75, 3.05) is 6.54 Å². The maximum Gasteiger partial charge on any atom is -0.00485 e. The van der Waals surface area contributed by atoms with E-state index < -0.39 is 0 Å². The van der Waals surface area contributed by atoms with Crippen molar-refractivity contribution >= 4 is 0 Å². The molecule has 10 heavy (non-hydrogen) atoms. The average Bonchev–Trinajstić information content (AvgIpc) is 2.34. The van der Waals surface area contributed by atoms with Crippen LogP contribution in [0, 0.1) is 17.8 Å². The normalized spacial score (nSPS) is 34.7. The highest BCUT2D eigenvalue weighted by molar-refractivity contribution is 5.00. The predicted molar refractivity (Wildman–Crippen MR) is 44.6 cm³/mol. The SMILES string of the molecule is CC1C=CC[C@@H]1[C@@H](C)CN. The van der Waals surface area contributed by atoms with Crippen LogP contribution in [0.3, 0.4) is 0 Å². The Labute approximate surface area is 63.3 Å². The van der Waals surface area contributed by atoms with Crippen molar-refractivity contribution in [3.8, 4) is 0 Å².